The second-order valence-corrected chi connectivity index (χ2v) is 6.74. The third kappa shape index (κ3) is 5.05. The summed E-state index contributed by atoms with van der Waals surface area (Å²) in [6.45, 7) is 11.5. The average Bonchev–Trinajstić information content (AvgIpc) is 2.85. The maximum absolute atomic E-state index is 12.2. The zero-order valence-electron chi connectivity index (χ0n) is 13.3. The van der Waals surface area contributed by atoms with Gasteiger partial charge >= 0.3 is 0 Å². The zero-order chi connectivity index (χ0) is 15.2. The fourth-order valence-electron chi connectivity index (χ4n) is 2.68. The molecule has 0 radical (unpaired) electrons. The number of carbonyl (C=O) groups excluding carboxylic acids is 1. The third-order valence-corrected chi connectivity index (χ3v) is 4.63. The Balaban J connectivity index is 1.73. The predicted molar refractivity (Wildman–Crippen MR) is 86.5 cm³/mol. The topological polar surface area (TPSA) is 48.5 Å². The molecule has 1 N–H and O–H groups in total. The number of nitrogens with zero attached hydrogens (tertiary/aromatic N) is 3. The summed E-state index contributed by atoms with van der Waals surface area (Å²) in [6, 6.07) is 0.263. The van der Waals surface area contributed by atoms with Crippen molar-refractivity contribution in [3.63, 3.8) is 0 Å². The van der Waals surface area contributed by atoms with E-state index in [1.165, 1.54) is 0 Å². The van der Waals surface area contributed by atoms with Crippen LogP contribution in [0, 0.1) is 6.92 Å². The van der Waals surface area contributed by atoms with Crippen molar-refractivity contribution in [2.75, 3.05) is 32.7 Å². The number of hydrogen-bond donors (Lipinski definition) is 1. The molecule has 2 rings (SSSR count). The first kappa shape index (κ1) is 16.4. The molecule has 0 saturated carbocycles. The summed E-state index contributed by atoms with van der Waals surface area (Å²) in [4.78, 5) is 21.1. The van der Waals surface area contributed by atoms with Gasteiger partial charge in [0.05, 0.1) is 10.7 Å². The molecule has 0 bridgehead atoms. The van der Waals surface area contributed by atoms with Crippen LogP contribution >= 0.6 is 11.3 Å². The van der Waals surface area contributed by atoms with E-state index in [-0.39, 0.29) is 11.9 Å². The summed E-state index contributed by atoms with van der Waals surface area (Å²) in [5.41, 5.74) is 1.15. The Bertz CT molecular complexity index is 454. The van der Waals surface area contributed by atoms with Crippen LogP contribution in [0.1, 0.15) is 31.0 Å². The van der Waals surface area contributed by atoms with Crippen LogP contribution in [-0.4, -0.2) is 59.5 Å². The lowest BCUT2D eigenvalue weighted by molar-refractivity contribution is -0.133. The third-order valence-electron chi connectivity index (χ3n) is 3.81. The molecule has 118 valence electrons. The van der Waals surface area contributed by atoms with Crippen LogP contribution in [0.4, 0.5) is 0 Å². The van der Waals surface area contributed by atoms with Crippen molar-refractivity contribution in [1.29, 1.82) is 0 Å². The molecular weight excluding hydrogens is 284 g/mol. The fraction of sp³-hybridized carbons (Fsp3) is 0.733. The number of thiazole rings is 1. The Morgan fingerprint density at radius 1 is 1.43 bits per heavy atom. The van der Waals surface area contributed by atoms with Crippen LogP contribution < -0.4 is 5.32 Å². The Morgan fingerprint density at radius 2 is 2.14 bits per heavy atom. The van der Waals surface area contributed by atoms with Crippen molar-refractivity contribution >= 4 is 17.2 Å². The number of nitrogens with one attached hydrogen (secondary N) is 1. The maximum atomic E-state index is 12.2. The summed E-state index contributed by atoms with van der Waals surface area (Å²) in [6.07, 6.45) is 0.596. The SMILES string of the molecule is CCNC(C)CC(=O)N1CCN(Cc2csc(C)n2)CC1. The van der Waals surface area contributed by atoms with Crippen LogP contribution in [0.15, 0.2) is 5.38 Å². The number of carbonyl (C=O) groups is 1. The van der Waals surface area contributed by atoms with Crippen molar-refractivity contribution in [3.05, 3.63) is 16.1 Å². The predicted octanol–water partition coefficient (Wildman–Crippen LogP) is 1.48. The maximum Gasteiger partial charge on any atom is 0.224 e. The number of piperazine rings is 1. The summed E-state index contributed by atoms with van der Waals surface area (Å²) < 4.78 is 0. The molecule has 0 aliphatic carbocycles. The van der Waals surface area contributed by atoms with Crippen molar-refractivity contribution in [3.8, 4) is 0 Å². The van der Waals surface area contributed by atoms with E-state index in [0.717, 1.165) is 50.0 Å². The molecule has 1 atom stereocenters. The highest BCUT2D eigenvalue weighted by atomic mass is 32.1. The largest absolute Gasteiger partial charge is 0.340 e. The molecule has 0 aromatic carbocycles. The summed E-state index contributed by atoms with van der Waals surface area (Å²) in [5.74, 6) is 0.271. The monoisotopic (exact) mass is 310 g/mol. The normalized spacial score (nSPS) is 18.0. The lowest BCUT2D eigenvalue weighted by Crippen LogP contribution is -2.49. The van der Waals surface area contributed by atoms with Gasteiger partial charge in [-0.3, -0.25) is 9.69 Å². The lowest BCUT2D eigenvalue weighted by atomic mass is 10.2. The Kier molecular flexibility index (Phi) is 6.14. The van der Waals surface area contributed by atoms with Crippen molar-refractivity contribution in [2.24, 2.45) is 0 Å². The van der Waals surface area contributed by atoms with E-state index < -0.39 is 0 Å². The minimum Gasteiger partial charge on any atom is -0.340 e. The molecule has 1 aliphatic rings. The van der Waals surface area contributed by atoms with Crippen LogP contribution in [0.5, 0.6) is 0 Å². The van der Waals surface area contributed by atoms with Gasteiger partial charge in [-0.25, -0.2) is 4.98 Å². The lowest BCUT2D eigenvalue weighted by Gasteiger charge is -2.35. The van der Waals surface area contributed by atoms with Crippen molar-refractivity contribution in [2.45, 2.75) is 39.8 Å². The molecule has 1 aromatic rings. The molecule has 1 amide bonds. The Labute approximate surface area is 131 Å². The van der Waals surface area contributed by atoms with Crippen LogP contribution in [0.3, 0.4) is 0 Å². The standard InChI is InChI=1S/C15H26N4OS/c1-4-16-12(2)9-15(20)19-7-5-18(6-8-19)10-14-11-21-13(3)17-14/h11-12,16H,4-10H2,1-3H3. The quantitative estimate of drug-likeness (QED) is 0.865. The van der Waals surface area contributed by atoms with Gasteiger partial charge in [0.15, 0.2) is 0 Å². The second kappa shape index (κ2) is 7.87. The highest BCUT2D eigenvalue weighted by Crippen LogP contribution is 2.12. The number of rotatable bonds is 6. The highest BCUT2D eigenvalue weighted by Gasteiger charge is 2.22. The van der Waals surface area contributed by atoms with Gasteiger partial charge in [-0.05, 0) is 20.4 Å². The van der Waals surface area contributed by atoms with E-state index in [1.54, 1.807) is 11.3 Å². The van der Waals surface area contributed by atoms with E-state index in [9.17, 15) is 4.79 Å². The minimum absolute atomic E-state index is 0.263. The van der Waals surface area contributed by atoms with Gasteiger partial charge in [-0.15, -0.1) is 11.3 Å². The van der Waals surface area contributed by atoms with E-state index in [0.29, 0.717) is 6.42 Å². The van der Waals surface area contributed by atoms with Crippen LogP contribution in [-0.2, 0) is 11.3 Å². The van der Waals surface area contributed by atoms with E-state index in [2.05, 4.69) is 34.4 Å². The number of amides is 1. The average molecular weight is 310 g/mol. The minimum atomic E-state index is 0.263. The van der Waals surface area contributed by atoms with Crippen molar-refractivity contribution in [1.82, 2.24) is 20.1 Å². The van der Waals surface area contributed by atoms with Gasteiger partial charge in [0.25, 0.3) is 0 Å². The number of aryl methyl sites for hydroxylation is 1. The van der Waals surface area contributed by atoms with Gasteiger partial charge in [0, 0.05) is 50.6 Å². The molecule has 1 aromatic heterocycles. The van der Waals surface area contributed by atoms with Gasteiger partial charge in [-0.2, -0.15) is 0 Å². The highest BCUT2D eigenvalue weighted by molar-refractivity contribution is 7.09. The molecule has 21 heavy (non-hydrogen) atoms. The molecule has 5 nitrogen and oxygen atoms in total. The number of hydrogen-bond acceptors (Lipinski definition) is 5. The Morgan fingerprint density at radius 3 is 2.71 bits per heavy atom. The Hall–Kier alpha value is -0.980. The number of aromatic nitrogens is 1. The molecule has 1 saturated heterocycles. The summed E-state index contributed by atoms with van der Waals surface area (Å²) in [7, 11) is 0. The van der Waals surface area contributed by atoms with E-state index in [1.807, 2.05) is 11.8 Å². The molecule has 2 heterocycles. The molecular formula is C15H26N4OS. The molecule has 0 spiro atoms. The van der Waals surface area contributed by atoms with Crippen LogP contribution in [0.25, 0.3) is 0 Å². The van der Waals surface area contributed by atoms with Gasteiger partial charge in [0.1, 0.15) is 0 Å². The van der Waals surface area contributed by atoms with Gasteiger partial charge < -0.3 is 10.2 Å². The van der Waals surface area contributed by atoms with Crippen LogP contribution in [0.2, 0.25) is 0 Å². The first-order valence-corrected chi connectivity index (χ1v) is 8.61. The first-order valence-electron chi connectivity index (χ1n) is 7.73. The molecule has 6 heteroatoms. The summed E-state index contributed by atoms with van der Waals surface area (Å²) in [5, 5.41) is 6.55. The zero-order valence-corrected chi connectivity index (χ0v) is 14.1. The van der Waals surface area contributed by atoms with Crippen molar-refractivity contribution < 1.29 is 4.79 Å². The molecule has 1 fully saturated rings. The van der Waals surface area contributed by atoms with E-state index >= 15 is 0 Å². The summed E-state index contributed by atoms with van der Waals surface area (Å²) >= 11 is 1.70. The smallest absolute Gasteiger partial charge is 0.224 e. The second-order valence-electron chi connectivity index (χ2n) is 5.68. The van der Waals surface area contributed by atoms with Gasteiger partial charge in [0.2, 0.25) is 5.91 Å². The van der Waals surface area contributed by atoms with E-state index in [4.69, 9.17) is 0 Å². The fourth-order valence-corrected chi connectivity index (χ4v) is 3.28. The first-order chi connectivity index (χ1) is 10.1. The van der Waals surface area contributed by atoms with Gasteiger partial charge in [-0.1, -0.05) is 6.92 Å². The molecule has 1 aliphatic heterocycles. The molecule has 1 unspecified atom stereocenters.